The molecule has 3 unspecified atom stereocenters. The predicted octanol–water partition coefficient (Wildman–Crippen LogP) is 17.6. The molecule has 3 atom stereocenters. The van der Waals surface area contributed by atoms with E-state index in [0.717, 1.165) is 83.5 Å². The van der Waals surface area contributed by atoms with Crippen molar-refractivity contribution in [3.05, 3.63) is 36.5 Å². The number of phosphoric acid groups is 1. The van der Waals surface area contributed by atoms with Gasteiger partial charge < -0.3 is 24.2 Å². The van der Waals surface area contributed by atoms with Crippen molar-refractivity contribution in [3.63, 3.8) is 0 Å². The van der Waals surface area contributed by atoms with Crippen molar-refractivity contribution in [2.24, 2.45) is 0 Å². The Morgan fingerprint density at radius 3 is 1.07 bits per heavy atom. The number of ether oxygens (including phenoxy) is 3. The van der Waals surface area contributed by atoms with Crippen LogP contribution in [0.4, 0.5) is 0 Å². The van der Waals surface area contributed by atoms with Crippen molar-refractivity contribution < 1.29 is 52.2 Å². The van der Waals surface area contributed by atoms with Crippen LogP contribution in [-0.2, 0) is 42.2 Å². The first-order valence-corrected chi connectivity index (χ1v) is 31.4. The van der Waals surface area contributed by atoms with E-state index in [-0.39, 0.29) is 25.9 Å². The standard InChI is InChI=1S/C60H111O11P/c1-4-7-10-13-16-19-22-24-26-27-28-29-31-33-36-39-42-45-48-51-60(64)71-57(53-67-58(62)49-46-43-40-37-35-32-30-25-23-20-17-14-11-8-5-2)55-69-72(65,66)68-54-56(52-61)70-59(63)50-47-44-41-38-34-21-18-15-12-9-6-3/h17,20,24-26,30,56-57,61H,4-16,18-19,21-23,27-29,31-55H2,1-3H3,(H,65,66)/b20-17-,26-24-,30-25-. The van der Waals surface area contributed by atoms with Gasteiger partial charge >= 0.3 is 25.7 Å². The summed E-state index contributed by atoms with van der Waals surface area (Å²) in [6.07, 6.45) is 56.7. The summed E-state index contributed by atoms with van der Waals surface area (Å²) in [6, 6.07) is 0. The summed E-state index contributed by atoms with van der Waals surface area (Å²) >= 11 is 0. The molecule has 0 fully saturated rings. The highest BCUT2D eigenvalue weighted by atomic mass is 31.2. The molecule has 422 valence electrons. The number of allylic oxidation sites excluding steroid dienone is 6. The second-order valence-electron chi connectivity index (χ2n) is 20.2. The number of carbonyl (C=O) groups is 3. The van der Waals surface area contributed by atoms with Crippen molar-refractivity contribution in [2.75, 3.05) is 26.4 Å². The molecule has 0 aromatic rings. The number of esters is 3. The van der Waals surface area contributed by atoms with E-state index in [1.54, 1.807) is 0 Å². The van der Waals surface area contributed by atoms with Crippen LogP contribution in [0.15, 0.2) is 36.5 Å². The Labute approximate surface area is 441 Å². The Morgan fingerprint density at radius 1 is 0.389 bits per heavy atom. The maximum atomic E-state index is 12.9. The third-order valence-corrected chi connectivity index (χ3v) is 14.0. The van der Waals surface area contributed by atoms with Gasteiger partial charge in [-0.1, -0.05) is 231 Å². The van der Waals surface area contributed by atoms with Crippen LogP contribution in [0, 0.1) is 0 Å². The Bertz CT molecular complexity index is 1350. The minimum atomic E-state index is -4.74. The molecule has 2 N–H and O–H groups in total. The largest absolute Gasteiger partial charge is 0.472 e. The van der Waals surface area contributed by atoms with Gasteiger partial charge in [-0.15, -0.1) is 0 Å². The molecule has 0 aromatic carbocycles. The quantitative estimate of drug-likeness (QED) is 0.0197. The van der Waals surface area contributed by atoms with Gasteiger partial charge in [0.25, 0.3) is 0 Å². The molecule has 0 saturated heterocycles. The van der Waals surface area contributed by atoms with E-state index in [0.29, 0.717) is 19.3 Å². The van der Waals surface area contributed by atoms with Gasteiger partial charge in [-0.2, -0.15) is 0 Å². The number of aliphatic hydroxyl groups excluding tert-OH is 1. The lowest BCUT2D eigenvalue weighted by Crippen LogP contribution is -2.30. The van der Waals surface area contributed by atoms with E-state index in [4.69, 9.17) is 23.3 Å². The number of phosphoric ester groups is 1. The maximum absolute atomic E-state index is 12.9. The number of rotatable bonds is 56. The number of carbonyl (C=O) groups excluding carboxylic acids is 3. The zero-order chi connectivity index (χ0) is 52.7. The molecule has 0 amide bonds. The average Bonchev–Trinajstić information content (AvgIpc) is 3.37. The van der Waals surface area contributed by atoms with Crippen molar-refractivity contribution in [1.82, 2.24) is 0 Å². The number of hydrogen-bond donors (Lipinski definition) is 2. The first-order chi connectivity index (χ1) is 35.2. The smallest absolute Gasteiger partial charge is 0.462 e. The van der Waals surface area contributed by atoms with E-state index in [1.165, 1.54) is 148 Å². The SMILES string of the molecule is CCCCC/C=C\C/C=C\CCCCCCCC(=O)OCC(COP(=O)(O)OCC(CO)OC(=O)CCCCCCCCCCCCC)OC(=O)CCCCCCCCCCC/C=C\CCCCCCCC. The third-order valence-electron chi connectivity index (χ3n) is 13.0. The lowest BCUT2D eigenvalue weighted by atomic mass is 10.1. The molecular weight excluding hydrogens is 928 g/mol. The van der Waals surface area contributed by atoms with Crippen molar-refractivity contribution in [2.45, 2.75) is 303 Å². The molecule has 0 rings (SSSR count). The van der Waals surface area contributed by atoms with Crippen LogP contribution in [0.2, 0.25) is 0 Å². The summed E-state index contributed by atoms with van der Waals surface area (Å²) in [6.45, 7) is 4.63. The van der Waals surface area contributed by atoms with Gasteiger partial charge in [0.1, 0.15) is 12.7 Å². The van der Waals surface area contributed by atoms with Gasteiger partial charge in [-0.05, 0) is 77.0 Å². The first kappa shape index (κ1) is 69.7. The predicted molar refractivity (Wildman–Crippen MR) is 298 cm³/mol. The molecule has 11 nitrogen and oxygen atoms in total. The van der Waals surface area contributed by atoms with Gasteiger partial charge in [0.2, 0.25) is 0 Å². The maximum Gasteiger partial charge on any atom is 0.472 e. The highest BCUT2D eigenvalue weighted by Gasteiger charge is 2.28. The normalized spacial score (nSPS) is 13.6. The van der Waals surface area contributed by atoms with Crippen molar-refractivity contribution >= 4 is 25.7 Å². The number of unbranched alkanes of at least 4 members (excludes halogenated alkanes) is 33. The van der Waals surface area contributed by atoms with E-state index in [9.17, 15) is 28.9 Å². The lowest BCUT2D eigenvalue weighted by molar-refractivity contribution is -0.161. The molecule has 0 aliphatic heterocycles. The highest BCUT2D eigenvalue weighted by molar-refractivity contribution is 7.47. The monoisotopic (exact) mass is 1040 g/mol. The number of hydrogen-bond acceptors (Lipinski definition) is 10. The van der Waals surface area contributed by atoms with E-state index in [2.05, 4.69) is 57.2 Å². The summed E-state index contributed by atoms with van der Waals surface area (Å²) in [5.41, 5.74) is 0. The van der Waals surface area contributed by atoms with Crippen molar-refractivity contribution in [3.8, 4) is 0 Å². The molecular formula is C60H111O11P. The van der Waals surface area contributed by atoms with E-state index in [1.807, 2.05) is 0 Å². The average molecular weight is 1040 g/mol. The summed E-state index contributed by atoms with van der Waals surface area (Å²) in [5, 5.41) is 9.80. The molecule has 0 aliphatic rings. The van der Waals surface area contributed by atoms with E-state index >= 15 is 0 Å². The van der Waals surface area contributed by atoms with Crippen molar-refractivity contribution in [1.29, 1.82) is 0 Å². The van der Waals surface area contributed by atoms with Crippen LogP contribution in [0.1, 0.15) is 290 Å². The van der Waals surface area contributed by atoms with Crippen LogP contribution in [0.3, 0.4) is 0 Å². The van der Waals surface area contributed by atoms with E-state index < -0.39 is 57.8 Å². The third kappa shape index (κ3) is 52.6. The molecule has 0 aliphatic carbocycles. The zero-order valence-corrected chi connectivity index (χ0v) is 47.6. The first-order valence-electron chi connectivity index (χ1n) is 29.9. The van der Waals surface area contributed by atoms with Gasteiger partial charge in [0.05, 0.1) is 19.8 Å². The Balaban J connectivity index is 4.71. The minimum Gasteiger partial charge on any atom is -0.462 e. The molecule has 0 spiro atoms. The molecule has 72 heavy (non-hydrogen) atoms. The van der Waals surface area contributed by atoms with Gasteiger partial charge in [-0.3, -0.25) is 23.4 Å². The molecule has 12 heteroatoms. The van der Waals surface area contributed by atoms with Crippen LogP contribution in [0.25, 0.3) is 0 Å². The topological polar surface area (TPSA) is 155 Å². The van der Waals surface area contributed by atoms with Crippen LogP contribution in [0.5, 0.6) is 0 Å². The fourth-order valence-electron chi connectivity index (χ4n) is 8.44. The minimum absolute atomic E-state index is 0.165. The molecule has 0 aromatic heterocycles. The van der Waals surface area contributed by atoms with Crippen LogP contribution < -0.4 is 0 Å². The Kier molecular flexibility index (Phi) is 53.2. The Morgan fingerprint density at radius 2 is 0.681 bits per heavy atom. The number of aliphatic hydroxyl groups is 1. The van der Waals surface area contributed by atoms with Gasteiger partial charge in [0, 0.05) is 19.3 Å². The molecule has 0 radical (unpaired) electrons. The fourth-order valence-corrected chi connectivity index (χ4v) is 9.23. The summed E-state index contributed by atoms with van der Waals surface area (Å²) in [5.74, 6) is -1.46. The second kappa shape index (κ2) is 54.9. The van der Waals surface area contributed by atoms with Gasteiger partial charge in [-0.25, -0.2) is 4.57 Å². The zero-order valence-electron chi connectivity index (χ0n) is 46.7. The van der Waals surface area contributed by atoms with Gasteiger partial charge in [0.15, 0.2) is 6.10 Å². The highest BCUT2D eigenvalue weighted by Crippen LogP contribution is 2.43. The van der Waals surface area contributed by atoms with Crippen LogP contribution >= 0.6 is 7.82 Å². The summed E-state index contributed by atoms with van der Waals surface area (Å²) < 4.78 is 39.5. The molecule has 0 bridgehead atoms. The fraction of sp³-hybridized carbons (Fsp3) is 0.850. The summed E-state index contributed by atoms with van der Waals surface area (Å²) in [4.78, 5) is 48.5. The second-order valence-corrected chi connectivity index (χ2v) is 21.6. The van der Waals surface area contributed by atoms with Crippen LogP contribution in [-0.4, -0.2) is 66.5 Å². The molecule has 0 saturated carbocycles. The Hall–Kier alpha value is -2.30. The molecule has 0 heterocycles. The lowest BCUT2D eigenvalue weighted by Gasteiger charge is -2.21. The summed E-state index contributed by atoms with van der Waals surface area (Å²) in [7, 11) is -4.74.